The van der Waals surface area contributed by atoms with Crippen LogP contribution in [-0.4, -0.2) is 32.9 Å². The molecule has 0 saturated carbocycles. The number of carbonyl (C=O) groups is 1. The number of halogens is 3. The highest BCUT2D eigenvalue weighted by Gasteiger charge is 2.31. The van der Waals surface area contributed by atoms with Crippen LogP contribution in [0.3, 0.4) is 0 Å². The van der Waals surface area contributed by atoms with Gasteiger partial charge in [0.2, 0.25) is 0 Å². The summed E-state index contributed by atoms with van der Waals surface area (Å²) >= 11 is 0. The van der Waals surface area contributed by atoms with Gasteiger partial charge in [-0.05, 0) is 39.0 Å². The Kier molecular flexibility index (Phi) is 4.46. The summed E-state index contributed by atoms with van der Waals surface area (Å²) in [6.07, 6.45) is -4.81. The highest BCUT2D eigenvalue weighted by atomic mass is 19.4. The molecule has 26 heavy (non-hydrogen) atoms. The zero-order valence-electron chi connectivity index (χ0n) is 14.8. The summed E-state index contributed by atoms with van der Waals surface area (Å²) in [4.78, 5) is 13.8. The van der Waals surface area contributed by atoms with Crippen molar-refractivity contribution in [1.29, 1.82) is 0 Å². The molecular formula is C18H20F3N3O2. The van der Waals surface area contributed by atoms with Gasteiger partial charge in [0.25, 0.3) is 0 Å². The number of hydrogen-bond donors (Lipinski definition) is 0. The lowest BCUT2D eigenvalue weighted by Gasteiger charge is -2.30. The maximum Gasteiger partial charge on any atom is 0.416 e. The van der Waals surface area contributed by atoms with Crippen molar-refractivity contribution in [1.82, 2.24) is 14.7 Å². The zero-order chi connectivity index (χ0) is 19.1. The molecule has 0 N–H and O–H groups in total. The van der Waals surface area contributed by atoms with E-state index in [0.717, 1.165) is 17.8 Å². The van der Waals surface area contributed by atoms with E-state index in [1.54, 1.807) is 42.5 Å². The van der Waals surface area contributed by atoms with E-state index >= 15 is 0 Å². The molecule has 0 spiro atoms. The van der Waals surface area contributed by atoms with Gasteiger partial charge >= 0.3 is 12.3 Å². The molecule has 1 aliphatic rings. The Morgan fingerprint density at radius 3 is 2.54 bits per heavy atom. The SMILES string of the molecule is CC(C)(C)OC(=O)N1CCn2nc(-c3cccc(C(F)(F)F)c3)cc2C1. The topological polar surface area (TPSA) is 47.4 Å². The smallest absolute Gasteiger partial charge is 0.416 e. The molecule has 0 unspecified atom stereocenters. The normalized spacial score (nSPS) is 14.9. The molecule has 8 heteroatoms. The molecule has 2 heterocycles. The van der Waals surface area contributed by atoms with Gasteiger partial charge in [-0.3, -0.25) is 4.68 Å². The van der Waals surface area contributed by atoms with Gasteiger partial charge in [0.05, 0.1) is 30.0 Å². The fraction of sp³-hybridized carbons (Fsp3) is 0.444. The van der Waals surface area contributed by atoms with Gasteiger partial charge in [0, 0.05) is 12.1 Å². The molecule has 1 aromatic carbocycles. The molecule has 1 aromatic heterocycles. The Labute approximate surface area is 149 Å². The molecule has 0 saturated heterocycles. The lowest BCUT2D eigenvalue weighted by atomic mass is 10.1. The van der Waals surface area contributed by atoms with Gasteiger partial charge in [-0.2, -0.15) is 18.3 Å². The number of aromatic nitrogens is 2. The van der Waals surface area contributed by atoms with Crippen LogP contribution >= 0.6 is 0 Å². The minimum atomic E-state index is -4.40. The summed E-state index contributed by atoms with van der Waals surface area (Å²) < 4.78 is 45.8. The summed E-state index contributed by atoms with van der Waals surface area (Å²) in [5.41, 5.74) is 0.311. The standard InChI is InChI=1S/C18H20F3N3O2/c1-17(2,3)26-16(25)23-7-8-24-14(11-23)10-15(22-24)12-5-4-6-13(9-12)18(19,20)21/h4-6,9-10H,7-8,11H2,1-3H3. The van der Waals surface area contributed by atoms with Gasteiger partial charge in [-0.25, -0.2) is 4.79 Å². The van der Waals surface area contributed by atoms with Crippen molar-refractivity contribution in [3.05, 3.63) is 41.6 Å². The number of benzene rings is 1. The van der Waals surface area contributed by atoms with Gasteiger partial charge < -0.3 is 9.64 Å². The second-order valence-corrected chi connectivity index (χ2v) is 7.22. The summed E-state index contributed by atoms with van der Waals surface area (Å²) in [7, 11) is 0. The van der Waals surface area contributed by atoms with Crippen LogP contribution in [0.1, 0.15) is 32.0 Å². The Hall–Kier alpha value is -2.51. The van der Waals surface area contributed by atoms with E-state index in [2.05, 4.69) is 5.10 Å². The quantitative estimate of drug-likeness (QED) is 0.754. The lowest BCUT2D eigenvalue weighted by molar-refractivity contribution is -0.137. The number of amides is 1. The van der Waals surface area contributed by atoms with E-state index in [4.69, 9.17) is 4.74 Å². The van der Waals surface area contributed by atoms with E-state index in [1.807, 2.05) is 0 Å². The van der Waals surface area contributed by atoms with Gasteiger partial charge in [-0.1, -0.05) is 12.1 Å². The van der Waals surface area contributed by atoms with Crippen molar-refractivity contribution in [2.75, 3.05) is 6.54 Å². The molecule has 0 radical (unpaired) electrons. The van der Waals surface area contributed by atoms with E-state index in [1.165, 1.54) is 6.07 Å². The van der Waals surface area contributed by atoms with E-state index in [9.17, 15) is 18.0 Å². The highest BCUT2D eigenvalue weighted by Crippen LogP contribution is 2.32. The number of hydrogen-bond acceptors (Lipinski definition) is 3. The van der Waals surface area contributed by atoms with Crippen molar-refractivity contribution < 1.29 is 22.7 Å². The van der Waals surface area contributed by atoms with E-state index < -0.39 is 23.4 Å². The average molecular weight is 367 g/mol. The van der Waals surface area contributed by atoms with Crippen molar-refractivity contribution in [2.24, 2.45) is 0 Å². The van der Waals surface area contributed by atoms with E-state index in [-0.39, 0.29) is 0 Å². The molecule has 0 aliphatic carbocycles. The first-order valence-corrected chi connectivity index (χ1v) is 8.25. The minimum absolute atomic E-state index is 0.306. The van der Waals surface area contributed by atoms with Gasteiger partial charge in [-0.15, -0.1) is 0 Å². The largest absolute Gasteiger partial charge is 0.444 e. The number of alkyl halides is 3. The predicted molar refractivity (Wildman–Crippen MR) is 89.3 cm³/mol. The average Bonchev–Trinajstić information content (AvgIpc) is 2.95. The Morgan fingerprint density at radius 2 is 1.88 bits per heavy atom. The first kappa shape index (κ1) is 18.3. The molecule has 0 bridgehead atoms. The van der Waals surface area contributed by atoms with Crippen LogP contribution in [-0.2, 0) is 24.0 Å². The fourth-order valence-corrected chi connectivity index (χ4v) is 2.74. The first-order valence-electron chi connectivity index (χ1n) is 8.25. The number of ether oxygens (including phenoxy) is 1. The lowest BCUT2D eigenvalue weighted by Crippen LogP contribution is -2.41. The van der Waals surface area contributed by atoms with Crippen LogP contribution in [0.4, 0.5) is 18.0 Å². The summed E-state index contributed by atoms with van der Waals surface area (Å²) in [5.74, 6) is 0. The molecule has 140 valence electrons. The van der Waals surface area contributed by atoms with Crippen LogP contribution in [0.5, 0.6) is 0 Å². The van der Waals surface area contributed by atoms with Crippen molar-refractivity contribution in [2.45, 2.75) is 45.6 Å². The Morgan fingerprint density at radius 1 is 1.15 bits per heavy atom. The van der Waals surface area contributed by atoms with Crippen LogP contribution < -0.4 is 0 Å². The van der Waals surface area contributed by atoms with Crippen molar-refractivity contribution in [3.8, 4) is 11.3 Å². The van der Waals surface area contributed by atoms with Crippen LogP contribution in [0.25, 0.3) is 11.3 Å². The Balaban J connectivity index is 1.81. The fourth-order valence-electron chi connectivity index (χ4n) is 2.74. The second kappa shape index (κ2) is 6.34. The minimum Gasteiger partial charge on any atom is -0.444 e. The molecule has 5 nitrogen and oxygen atoms in total. The monoisotopic (exact) mass is 367 g/mol. The van der Waals surface area contributed by atoms with Crippen molar-refractivity contribution >= 4 is 6.09 Å². The maximum atomic E-state index is 12.9. The molecule has 2 aromatic rings. The van der Waals surface area contributed by atoms with E-state index in [0.29, 0.717) is 30.9 Å². The number of rotatable bonds is 1. The number of nitrogens with zero attached hydrogens (tertiary/aromatic N) is 3. The summed E-state index contributed by atoms with van der Waals surface area (Å²) in [5, 5.41) is 4.38. The predicted octanol–water partition coefficient (Wildman–Crippen LogP) is 4.32. The van der Waals surface area contributed by atoms with Gasteiger partial charge in [0.1, 0.15) is 5.60 Å². The first-order chi connectivity index (χ1) is 12.0. The molecule has 0 atom stereocenters. The highest BCUT2D eigenvalue weighted by molar-refractivity contribution is 5.68. The second-order valence-electron chi connectivity index (χ2n) is 7.22. The van der Waals surface area contributed by atoms with Gasteiger partial charge in [0.15, 0.2) is 0 Å². The number of fused-ring (bicyclic) bond motifs is 1. The maximum absolute atomic E-state index is 12.9. The zero-order valence-corrected chi connectivity index (χ0v) is 14.8. The third-order valence-corrected chi connectivity index (χ3v) is 3.94. The van der Waals surface area contributed by atoms with Crippen LogP contribution in [0.2, 0.25) is 0 Å². The third-order valence-electron chi connectivity index (χ3n) is 3.94. The molecular weight excluding hydrogens is 347 g/mol. The number of carbonyl (C=O) groups excluding carboxylic acids is 1. The van der Waals surface area contributed by atoms with Crippen LogP contribution in [0, 0.1) is 0 Å². The Bertz CT molecular complexity index is 822. The molecule has 1 aliphatic heterocycles. The van der Waals surface area contributed by atoms with Crippen molar-refractivity contribution in [3.63, 3.8) is 0 Å². The molecule has 0 fully saturated rings. The van der Waals surface area contributed by atoms with Crippen LogP contribution in [0.15, 0.2) is 30.3 Å². The summed E-state index contributed by atoms with van der Waals surface area (Å²) in [6, 6.07) is 6.79. The molecule has 1 amide bonds. The third kappa shape index (κ3) is 4.00. The summed E-state index contributed by atoms with van der Waals surface area (Å²) in [6.45, 7) is 6.60. The molecule has 3 rings (SSSR count).